The number of aliphatic imine (C=N–C) groups is 1. The summed E-state index contributed by atoms with van der Waals surface area (Å²) in [5, 5.41) is 11.7. The topological polar surface area (TPSA) is 115 Å². The van der Waals surface area contributed by atoms with Crippen LogP contribution in [0, 0.1) is 5.92 Å². The van der Waals surface area contributed by atoms with Crippen LogP contribution in [0.3, 0.4) is 0 Å². The van der Waals surface area contributed by atoms with Gasteiger partial charge < -0.3 is 19.3 Å². The van der Waals surface area contributed by atoms with Gasteiger partial charge in [-0.3, -0.25) is 9.69 Å². The number of aliphatic hydroxyl groups is 1. The van der Waals surface area contributed by atoms with Crippen molar-refractivity contribution in [1.82, 2.24) is 4.90 Å². The summed E-state index contributed by atoms with van der Waals surface area (Å²) in [6.07, 6.45) is 0.579. The van der Waals surface area contributed by atoms with Crippen molar-refractivity contribution in [2.45, 2.75) is 49.8 Å². The lowest BCUT2D eigenvalue weighted by molar-refractivity contribution is -0.186. The van der Waals surface area contributed by atoms with Gasteiger partial charge in [-0.2, -0.15) is 0 Å². The molecule has 1 aromatic carbocycles. The Morgan fingerprint density at radius 3 is 2.77 bits per heavy atom. The number of hydrogen-bond donors (Lipinski definition) is 1. The molecule has 2 saturated heterocycles. The Bertz CT molecular complexity index is 1020. The Hall–Kier alpha value is -2.78. The second-order valence-electron chi connectivity index (χ2n) is 8.15. The molecule has 0 radical (unpaired) electrons. The third kappa shape index (κ3) is 1.94. The number of carbonyl (C=O) groups is 3. The predicted octanol–water partition coefficient (Wildman–Crippen LogP) is 0.497. The maximum Gasteiger partial charge on any atom is 0.348 e. The lowest BCUT2D eigenvalue weighted by Crippen LogP contribution is -2.68. The average molecular weight is 414 g/mol. The maximum atomic E-state index is 13.6. The molecule has 9 nitrogen and oxygen atoms in total. The first-order chi connectivity index (χ1) is 14.3. The Morgan fingerprint density at radius 2 is 2.07 bits per heavy atom. The van der Waals surface area contributed by atoms with Gasteiger partial charge in [0, 0.05) is 12.3 Å². The van der Waals surface area contributed by atoms with Gasteiger partial charge in [-0.05, 0) is 31.4 Å². The lowest BCUT2D eigenvalue weighted by atomic mass is 9.78. The number of carbonyl (C=O) groups excluding carboxylic acids is 3. The first kappa shape index (κ1) is 19.2. The van der Waals surface area contributed by atoms with E-state index in [1.807, 2.05) is 12.1 Å². The minimum Gasteiger partial charge on any atom is -0.466 e. The molecule has 3 bridgehead atoms. The SMILES string of the molecule is CCOC(=O)[C@]1(O)C(C)=N[C@]23O[C@]4(C(=O)OC)CC2Cc2ccccc2[C@H]1N3C4=O. The van der Waals surface area contributed by atoms with Crippen LogP contribution in [0.15, 0.2) is 29.3 Å². The fourth-order valence-corrected chi connectivity index (χ4v) is 5.46. The van der Waals surface area contributed by atoms with E-state index < -0.39 is 40.9 Å². The fraction of sp³-hybridized carbons (Fsp3) is 0.524. The molecule has 4 aliphatic heterocycles. The van der Waals surface area contributed by atoms with Gasteiger partial charge in [-0.15, -0.1) is 0 Å². The highest BCUT2D eigenvalue weighted by atomic mass is 16.6. The molecule has 0 aromatic heterocycles. The number of nitrogens with zero attached hydrogens (tertiary/aromatic N) is 2. The zero-order valence-electron chi connectivity index (χ0n) is 16.9. The minimum absolute atomic E-state index is 0.0487. The Kier molecular flexibility index (Phi) is 3.77. The van der Waals surface area contributed by atoms with E-state index in [0.29, 0.717) is 12.0 Å². The largest absolute Gasteiger partial charge is 0.466 e. The predicted molar refractivity (Wildman–Crippen MR) is 101 cm³/mol. The summed E-state index contributed by atoms with van der Waals surface area (Å²) in [6, 6.07) is 6.14. The van der Waals surface area contributed by atoms with E-state index in [4.69, 9.17) is 14.2 Å². The number of fused-ring (bicyclic) bond motifs is 3. The van der Waals surface area contributed by atoms with Crippen molar-refractivity contribution >= 4 is 23.6 Å². The van der Waals surface area contributed by atoms with Gasteiger partial charge in [0.05, 0.1) is 19.4 Å². The fourth-order valence-electron chi connectivity index (χ4n) is 5.46. The van der Waals surface area contributed by atoms with Gasteiger partial charge in [0.25, 0.3) is 5.91 Å². The summed E-state index contributed by atoms with van der Waals surface area (Å²) in [5.74, 6) is -4.20. The second-order valence-corrected chi connectivity index (χ2v) is 8.15. The Balaban J connectivity index is 1.81. The Labute approximate surface area is 172 Å². The van der Waals surface area contributed by atoms with Gasteiger partial charge >= 0.3 is 11.9 Å². The lowest BCUT2D eigenvalue weighted by Gasteiger charge is -2.49. The van der Waals surface area contributed by atoms with Crippen LogP contribution in [0.1, 0.15) is 37.4 Å². The van der Waals surface area contributed by atoms with Gasteiger partial charge in [-0.1, -0.05) is 24.3 Å². The molecule has 9 heteroatoms. The molecule has 2 fully saturated rings. The second kappa shape index (κ2) is 5.89. The standard InChI is InChI=1S/C21H22N2O7/c1-4-29-18(26)20(27)11(2)22-21-13-9-12-7-5-6-8-14(12)15(20)23(21)16(24)19(10-13,30-21)17(25)28-3/h5-8,13,15,27H,4,9-10H2,1-3H3/t13?,15-,19-,20+,21-/m1/s1. The van der Waals surface area contributed by atoms with Crippen LogP contribution in [0.4, 0.5) is 0 Å². The molecule has 1 spiro atoms. The number of esters is 2. The smallest absolute Gasteiger partial charge is 0.348 e. The van der Waals surface area contributed by atoms with Gasteiger partial charge in [0.2, 0.25) is 17.1 Å². The molecule has 4 aliphatic rings. The minimum atomic E-state index is -2.22. The molecule has 5 atom stereocenters. The molecule has 0 aliphatic carbocycles. The first-order valence-corrected chi connectivity index (χ1v) is 9.93. The molecule has 1 aromatic rings. The molecular formula is C21H22N2O7. The highest BCUT2D eigenvalue weighted by Crippen LogP contribution is 2.62. The van der Waals surface area contributed by atoms with E-state index in [1.54, 1.807) is 19.1 Å². The highest BCUT2D eigenvalue weighted by Gasteiger charge is 2.80. The average Bonchev–Trinajstić information content (AvgIpc) is 3.15. The van der Waals surface area contributed by atoms with Crippen molar-refractivity contribution < 1.29 is 33.7 Å². The van der Waals surface area contributed by atoms with Gasteiger partial charge in [-0.25, -0.2) is 14.6 Å². The molecule has 1 amide bonds. The molecule has 30 heavy (non-hydrogen) atoms. The summed E-state index contributed by atoms with van der Waals surface area (Å²) >= 11 is 0. The number of amides is 1. The molecule has 158 valence electrons. The van der Waals surface area contributed by atoms with Crippen LogP contribution >= 0.6 is 0 Å². The van der Waals surface area contributed by atoms with E-state index in [9.17, 15) is 19.5 Å². The quantitative estimate of drug-likeness (QED) is 0.566. The summed E-state index contributed by atoms with van der Waals surface area (Å²) in [6.45, 7) is 3.20. The number of benzene rings is 1. The van der Waals surface area contributed by atoms with Crippen LogP contribution in [0.5, 0.6) is 0 Å². The van der Waals surface area contributed by atoms with Gasteiger partial charge in [0.1, 0.15) is 6.04 Å². The maximum absolute atomic E-state index is 13.6. The molecular weight excluding hydrogens is 392 g/mol. The molecule has 5 rings (SSSR count). The molecule has 1 unspecified atom stereocenters. The number of piperidine rings is 1. The molecule has 0 saturated carbocycles. The highest BCUT2D eigenvalue weighted by molar-refractivity contribution is 6.14. The zero-order valence-corrected chi connectivity index (χ0v) is 16.9. The van der Waals surface area contributed by atoms with Crippen LogP contribution in [0.2, 0.25) is 0 Å². The van der Waals surface area contributed by atoms with Crippen LogP contribution in [-0.2, 0) is 35.0 Å². The van der Waals surface area contributed by atoms with E-state index in [1.165, 1.54) is 18.9 Å². The number of ether oxygens (including phenoxy) is 3. The summed E-state index contributed by atoms with van der Waals surface area (Å²) < 4.78 is 16.2. The van der Waals surface area contributed by atoms with Crippen molar-refractivity contribution in [3.63, 3.8) is 0 Å². The van der Waals surface area contributed by atoms with Crippen LogP contribution in [-0.4, -0.2) is 64.3 Å². The number of methoxy groups -OCH3 is 1. The zero-order chi connectivity index (χ0) is 21.5. The van der Waals surface area contributed by atoms with Crippen LogP contribution in [0.25, 0.3) is 0 Å². The molecule has 4 heterocycles. The van der Waals surface area contributed by atoms with E-state index in [-0.39, 0.29) is 24.7 Å². The summed E-state index contributed by atoms with van der Waals surface area (Å²) in [7, 11) is 1.19. The Morgan fingerprint density at radius 1 is 1.33 bits per heavy atom. The van der Waals surface area contributed by atoms with Crippen molar-refractivity contribution in [2.75, 3.05) is 13.7 Å². The van der Waals surface area contributed by atoms with E-state index >= 15 is 0 Å². The van der Waals surface area contributed by atoms with Crippen molar-refractivity contribution in [3.8, 4) is 0 Å². The number of hydrogen-bond acceptors (Lipinski definition) is 8. The summed E-state index contributed by atoms with van der Waals surface area (Å²) in [5.41, 5.74) is -2.52. The normalized spacial score (nSPS) is 37.9. The van der Waals surface area contributed by atoms with Crippen LogP contribution < -0.4 is 0 Å². The van der Waals surface area contributed by atoms with Crippen molar-refractivity contribution in [3.05, 3.63) is 35.4 Å². The molecule has 1 N–H and O–H groups in total. The monoisotopic (exact) mass is 414 g/mol. The van der Waals surface area contributed by atoms with Crippen molar-refractivity contribution in [1.29, 1.82) is 0 Å². The third-order valence-corrected chi connectivity index (χ3v) is 6.75. The summed E-state index contributed by atoms with van der Waals surface area (Å²) in [4.78, 5) is 45.1. The first-order valence-electron chi connectivity index (χ1n) is 9.93. The van der Waals surface area contributed by atoms with Crippen molar-refractivity contribution in [2.24, 2.45) is 10.9 Å². The van der Waals surface area contributed by atoms with Gasteiger partial charge in [0.15, 0.2) is 0 Å². The van der Waals surface area contributed by atoms with E-state index in [0.717, 1.165) is 5.56 Å². The number of rotatable bonds is 3. The van der Waals surface area contributed by atoms with E-state index in [2.05, 4.69) is 4.99 Å². The third-order valence-electron chi connectivity index (χ3n) is 6.75.